The minimum atomic E-state index is -0.848. The van der Waals surface area contributed by atoms with Gasteiger partial charge in [0, 0.05) is 29.9 Å². The highest BCUT2D eigenvalue weighted by Gasteiger charge is 2.14. The number of amides is 1. The minimum Gasteiger partial charge on any atom is -0.508 e. The van der Waals surface area contributed by atoms with Gasteiger partial charge in [0.05, 0.1) is 11.8 Å². The number of aromatic nitrogens is 2. The normalized spacial score (nSPS) is 12.2. The number of aromatic hydroxyl groups is 1. The van der Waals surface area contributed by atoms with Gasteiger partial charge in [0.15, 0.2) is 0 Å². The fourth-order valence-electron chi connectivity index (χ4n) is 2.96. The van der Waals surface area contributed by atoms with Crippen LogP contribution in [0.3, 0.4) is 0 Å². The molecule has 0 radical (unpaired) electrons. The first-order chi connectivity index (χ1) is 13.3. The number of nitrogens with zero attached hydrogens (tertiary/aromatic N) is 2. The number of carbonyl (C=O) groups is 1. The number of aliphatic hydroxyl groups excluding tert-OH is 1. The highest BCUT2D eigenvalue weighted by atomic mass is 16.3. The van der Waals surface area contributed by atoms with E-state index < -0.39 is 6.10 Å². The maximum absolute atomic E-state index is 12.5. The van der Waals surface area contributed by atoms with Gasteiger partial charge in [0.25, 0.3) is 5.91 Å². The van der Waals surface area contributed by atoms with E-state index in [-0.39, 0.29) is 24.2 Å². The van der Waals surface area contributed by atoms with Crippen LogP contribution in [-0.2, 0) is 0 Å². The molecule has 0 aliphatic rings. The lowest BCUT2D eigenvalue weighted by Gasteiger charge is -2.13. The quantitative estimate of drug-likeness (QED) is 0.611. The highest BCUT2D eigenvalue weighted by molar-refractivity contribution is 5.95. The van der Waals surface area contributed by atoms with Crippen molar-refractivity contribution in [1.29, 1.82) is 0 Å². The summed E-state index contributed by atoms with van der Waals surface area (Å²) in [5.41, 5.74) is 3.98. The van der Waals surface area contributed by atoms with Crippen molar-refractivity contribution in [2.45, 2.75) is 32.9 Å². The van der Waals surface area contributed by atoms with Crippen molar-refractivity contribution in [1.82, 2.24) is 15.1 Å². The molecule has 3 N–H and O–H groups in total. The van der Waals surface area contributed by atoms with Crippen molar-refractivity contribution in [3.8, 4) is 16.9 Å². The Kier molecular flexibility index (Phi) is 5.80. The fraction of sp³-hybridized carbons (Fsp3) is 0.273. The molecule has 0 aliphatic heterocycles. The monoisotopic (exact) mass is 379 g/mol. The third kappa shape index (κ3) is 4.40. The van der Waals surface area contributed by atoms with E-state index in [1.165, 1.54) is 12.1 Å². The molecule has 3 aromatic rings. The molecule has 0 saturated heterocycles. The van der Waals surface area contributed by atoms with Crippen LogP contribution in [-0.4, -0.2) is 32.4 Å². The number of rotatable bonds is 6. The molecule has 0 spiro atoms. The summed E-state index contributed by atoms with van der Waals surface area (Å²) in [5.74, 6) is -0.124. The van der Waals surface area contributed by atoms with Gasteiger partial charge in [-0.15, -0.1) is 0 Å². The Morgan fingerprint density at radius 2 is 1.89 bits per heavy atom. The predicted octanol–water partition coefficient (Wildman–Crippen LogP) is 3.61. The van der Waals surface area contributed by atoms with Gasteiger partial charge in [-0.3, -0.25) is 9.48 Å². The summed E-state index contributed by atoms with van der Waals surface area (Å²) in [4.78, 5) is 12.5. The zero-order valence-corrected chi connectivity index (χ0v) is 16.3. The first kappa shape index (κ1) is 19.6. The zero-order chi connectivity index (χ0) is 20.3. The summed E-state index contributed by atoms with van der Waals surface area (Å²) >= 11 is 0. The first-order valence-electron chi connectivity index (χ1n) is 9.26. The van der Waals surface area contributed by atoms with Crippen LogP contribution in [0.5, 0.6) is 5.75 Å². The second-order valence-corrected chi connectivity index (χ2v) is 7.10. The van der Waals surface area contributed by atoms with Crippen LogP contribution in [0.1, 0.15) is 47.6 Å². The van der Waals surface area contributed by atoms with Gasteiger partial charge >= 0.3 is 0 Å². The van der Waals surface area contributed by atoms with Gasteiger partial charge < -0.3 is 15.5 Å². The molecule has 0 aliphatic carbocycles. The standard InChI is InChI=1S/C22H25N3O3/c1-14(2)25-13-20(15(3)24-25)17-5-4-6-18(11-17)22(28)23-12-21(27)16-7-9-19(26)10-8-16/h4-11,13-14,21,26-27H,12H2,1-3H3,(H,23,28)/t21-/m1/s1. The Hall–Kier alpha value is -3.12. The molecule has 146 valence electrons. The summed E-state index contributed by atoms with van der Waals surface area (Å²) in [6, 6.07) is 13.9. The lowest BCUT2D eigenvalue weighted by atomic mass is 10.0. The smallest absolute Gasteiger partial charge is 0.251 e. The molecule has 28 heavy (non-hydrogen) atoms. The Morgan fingerprint density at radius 1 is 1.18 bits per heavy atom. The molecule has 1 amide bonds. The van der Waals surface area contributed by atoms with Crippen LogP contribution in [0, 0.1) is 6.92 Å². The van der Waals surface area contributed by atoms with E-state index >= 15 is 0 Å². The molecule has 6 nitrogen and oxygen atoms in total. The largest absolute Gasteiger partial charge is 0.508 e. The van der Waals surface area contributed by atoms with E-state index in [1.807, 2.05) is 36.0 Å². The van der Waals surface area contributed by atoms with Crippen LogP contribution >= 0.6 is 0 Å². The second-order valence-electron chi connectivity index (χ2n) is 7.10. The lowest BCUT2D eigenvalue weighted by Crippen LogP contribution is -2.28. The molecule has 1 aromatic heterocycles. The third-order valence-corrected chi connectivity index (χ3v) is 4.62. The number of aryl methyl sites for hydroxylation is 1. The van der Waals surface area contributed by atoms with E-state index in [4.69, 9.17) is 0 Å². The SMILES string of the molecule is Cc1nn(C(C)C)cc1-c1cccc(C(=O)NC[C@@H](O)c2ccc(O)cc2)c1. The Bertz CT molecular complexity index is 961. The molecule has 0 fully saturated rings. The van der Waals surface area contributed by atoms with Crippen molar-refractivity contribution in [3.05, 3.63) is 71.5 Å². The van der Waals surface area contributed by atoms with Gasteiger partial charge in [0.2, 0.25) is 0 Å². The molecule has 1 heterocycles. The molecule has 0 bridgehead atoms. The number of phenolic OH excluding ortho intramolecular Hbond substituents is 1. The summed E-state index contributed by atoms with van der Waals surface area (Å²) in [5, 5.41) is 26.8. The summed E-state index contributed by atoms with van der Waals surface area (Å²) < 4.78 is 1.91. The van der Waals surface area contributed by atoms with Gasteiger partial charge in [-0.1, -0.05) is 24.3 Å². The van der Waals surface area contributed by atoms with E-state index in [0.29, 0.717) is 11.1 Å². The van der Waals surface area contributed by atoms with E-state index in [1.54, 1.807) is 18.2 Å². The van der Waals surface area contributed by atoms with E-state index in [0.717, 1.165) is 16.8 Å². The van der Waals surface area contributed by atoms with Crippen LogP contribution < -0.4 is 5.32 Å². The number of nitrogens with one attached hydrogen (secondary N) is 1. The van der Waals surface area contributed by atoms with Crippen molar-refractivity contribution >= 4 is 5.91 Å². The molecular weight excluding hydrogens is 354 g/mol. The van der Waals surface area contributed by atoms with Crippen molar-refractivity contribution in [2.75, 3.05) is 6.54 Å². The predicted molar refractivity (Wildman–Crippen MR) is 108 cm³/mol. The van der Waals surface area contributed by atoms with E-state index in [9.17, 15) is 15.0 Å². The Labute approximate surface area is 164 Å². The van der Waals surface area contributed by atoms with Gasteiger partial charge in [-0.25, -0.2) is 0 Å². The van der Waals surface area contributed by atoms with E-state index in [2.05, 4.69) is 24.3 Å². The lowest BCUT2D eigenvalue weighted by molar-refractivity contribution is 0.0916. The van der Waals surface area contributed by atoms with Gasteiger partial charge in [-0.05, 0) is 56.2 Å². The number of aliphatic hydroxyl groups is 1. The fourth-order valence-corrected chi connectivity index (χ4v) is 2.96. The van der Waals surface area contributed by atoms with Crippen LogP contribution in [0.15, 0.2) is 54.7 Å². The molecular formula is C22H25N3O3. The summed E-state index contributed by atoms with van der Waals surface area (Å²) in [6.07, 6.45) is 1.14. The first-order valence-corrected chi connectivity index (χ1v) is 9.26. The number of carbonyl (C=O) groups excluding carboxylic acids is 1. The number of hydrogen-bond donors (Lipinski definition) is 3. The molecule has 3 rings (SSSR count). The van der Waals surface area contributed by atoms with Crippen molar-refractivity contribution in [2.24, 2.45) is 0 Å². The maximum Gasteiger partial charge on any atom is 0.251 e. The van der Waals surface area contributed by atoms with Crippen LogP contribution in [0.25, 0.3) is 11.1 Å². The molecule has 0 saturated carbocycles. The van der Waals surface area contributed by atoms with Crippen molar-refractivity contribution < 1.29 is 15.0 Å². The zero-order valence-electron chi connectivity index (χ0n) is 16.3. The van der Waals surface area contributed by atoms with Crippen molar-refractivity contribution in [3.63, 3.8) is 0 Å². The number of hydrogen-bond acceptors (Lipinski definition) is 4. The molecule has 2 aromatic carbocycles. The summed E-state index contributed by atoms with van der Waals surface area (Å²) in [6.45, 7) is 6.17. The number of benzene rings is 2. The minimum absolute atomic E-state index is 0.0815. The Morgan fingerprint density at radius 3 is 2.54 bits per heavy atom. The average molecular weight is 379 g/mol. The third-order valence-electron chi connectivity index (χ3n) is 4.62. The molecule has 0 unspecified atom stereocenters. The topological polar surface area (TPSA) is 87.4 Å². The number of phenols is 1. The highest BCUT2D eigenvalue weighted by Crippen LogP contribution is 2.25. The van der Waals surface area contributed by atoms with Gasteiger partial charge in [-0.2, -0.15) is 5.10 Å². The maximum atomic E-state index is 12.5. The van der Waals surface area contributed by atoms with Crippen LogP contribution in [0.4, 0.5) is 0 Å². The second kappa shape index (κ2) is 8.27. The molecule has 6 heteroatoms. The van der Waals surface area contributed by atoms with Gasteiger partial charge in [0.1, 0.15) is 5.75 Å². The molecule has 1 atom stereocenters. The van der Waals surface area contributed by atoms with Crippen LogP contribution in [0.2, 0.25) is 0 Å². The Balaban J connectivity index is 1.71. The summed E-state index contributed by atoms with van der Waals surface area (Å²) in [7, 11) is 0. The average Bonchev–Trinajstić information content (AvgIpc) is 3.08.